The molecule has 0 aliphatic carbocycles. The van der Waals surface area contributed by atoms with E-state index in [1.54, 1.807) is 12.3 Å². The largest absolute Gasteiger partial charge is 0.397 e. The maximum absolute atomic E-state index is 11.5. The fourth-order valence-electron chi connectivity index (χ4n) is 1.23. The molecule has 7 nitrogen and oxygen atoms in total. The first kappa shape index (κ1) is 10.2. The molecular weight excluding hydrogens is 210 g/mol. The van der Waals surface area contributed by atoms with Gasteiger partial charge in [-0.05, 0) is 6.07 Å². The molecule has 0 fully saturated rings. The first-order chi connectivity index (χ1) is 7.75. The molecule has 0 aliphatic rings. The Morgan fingerprint density at radius 1 is 1.62 bits per heavy atom. The highest BCUT2D eigenvalue weighted by atomic mass is 16.5. The topological polar surface area (TPSA) is 110 Å². The van der Waals surface area contributed by atoms with Gasteiger partial charge in [0.05, 0.1) is 0 Å². The molecule has 0 atom stereocenters. The monoisotopic (exact) mass is 221 g/mol. The molecule has 0 aliphatic heterocycles. The lowest BCUT2D eigenvalue weighted by molar-refractivity contribution is 0.0949. The Balaban J connectivity index is 1.80. The SMILES string of the molecule is Nc1c[nH]c(C(=O)NCCc2ncon2)c1. The number of aromatic amines is 1. The quantitative estimate of drug-likeness (QED) is 0.670. The first-order valence-electron chi connectivity index (χ1n) is 4.73. The minimum absolute atomic E-state index is 0.208. The number of nitrogen functional groups attached to an aromatic ring is 1. The van der Waals surface area contributed by atoms with Gasteiger partial charge in [-0.3, -0.25) is 4.79 Å². The third kappa shape index (κ3) is 2.38. The number of anilines is 1. The van der Waals surface area contributed by atoms with E-state index < -0.39 is 0 Å². The molecule has 1 amide bonds. The average Bonchev–Trinajstić information content (AvgIpc) is 2.89. The predicted octanol–water partition coefficient (Wildman–Crippen LogP) is -0.0476. The van der Waals surface area contributed by atoms with Gasteiger partial charge in [0.1, 0.15) is 5.69 Å². The minimum atomic E-state index is -0.208. The summed E-state index contributed by atoms with van der Waals surface area (Å²) in [6.07, 6.45) is 3.34. The van der Waals surface area contributed by atoms with E-state index in [1.165, 1.54) is 6.39 Å². The summed E-state index contributed by atoms with van der Waals surface area (Å²) in [5.74, 6) is 0.353. The molecule has 0 unspecified atom stereocenters. The lowest BCUT2D eigenvalue weighted by Crippen LogP contribution is -2.26. The summed E-state index contributed by atoms with van der Waals surface area (Å²) in [7, 11) is 0. The molecule has 84 valence electrons. The van der Waals surface area contributed by atoms with Gasteiger partial charge in [0, 0.05) is 24.8 Å². The third-order valence-corrected chi connectivity index (χ3v) is 1.99. The molecular formula is C9H11N5O2. The van der Waals surface area contributed by atoms with E-state index >= 15 is 0 Å². The second-order valence-corrected chi connectivity index (χ2v) is 3.20. The van der Waals surface area contributed by atoms with Gasteiger partial charge in [-0.1, -0.05) is 5.16 Å². The molecule has 2 heterocycles. The molecule has 0 spiro atoms. The van der Waals surface area contributed by atoms with Crippen molar-refractivity contribution in [1.82, 2.24) is 20.4 Å². The number of nitrogens with one attached hydrogen (secondary N) is 2. The maximum atomic E-state index is 11.5. The van der Waals surface area contributed by atoms with Crippen LogP contribution < -0.4 is 11.1 Å². The number of nitrogens with zero attached hydrogens (tertiary/aromatic N) is 2. The highest BCUT2D eigenvalue weighted by Gasteiger charge is 2.07. The van der Waals surface area contributed by atoms with E-state index in [-0.39, 0.29) is 5.91 Å². The van der Waals surface area contributed by atoms with Crippen molar-refractivity contribution in [3.8, 4) is 0 Å². The zero-order chi connectivity index (χ0) is 11.4. The van der Waals surface area contributed by atoms with Gasteiger partial charge in [-0.15, -0.1) is 0 Å². The Morgan fingerprint density at radius 3 is 3.12 bits per heavy atom. The van der Waals surface area contributed by atoms with Crippen LogP contribution in [0.2, 0.25) is 0 Å². The highest BCUT2D eigenvalue weighted by molar-refractivity contribution is 5.93. The Kier molecular flexibility index (Phi) is 2.86. The normalized spacial score (nSPS) is 10.2. The lowest BCUT2D eigenvalue weighted by Gasteiger charge is -2.00. The van der Waals surface area contributed by atoms with Crippen LogP contribution in [0.3, 0.4) is 0 Å². The van der Waals surface area contributed by atoms with Crippen molar-refractivity contribution in [3.63, 3.8) is 0 Å². The van der Waals surface area contributed by atoms with Crippen molar-refractivity contribution in [2.24, 2.45) is 0 Å². The molecule has 0 saturated heterocycles. The van der Waals surface area contributed by atoms with E-state index in [2.05, 4.69) is 25.0 Å². The molecule has 16 heavy (non-hydrogen) atoms. The molecule has 2 aromatic rings. The predicted molar refractivity (Wildman–Crippen MR) is 55.5 cm³/mol. The Labute approximate surface area is 91.0 Å². The van der Waals surface area contributed by atoms with Crippen LogP contribution in [0.4, 0.5) is 5.69 Å². The van der Waals surface area contributed by atoms with Crippen LogP contribution in [0, 0.1) is 0 Å². The van der Waals surface area contributed by atoms with Crippen LogP contribution in [0.25, 0.3) is 0 Å². The minimum Gasteiger partial charge on any atom is -0.397 e. The third-order valence-electron chi connectivity index (χ3n) is 1.99. The molecule has 2 aromatic heterocycles. The molecule has 0 radical (unpaired) electrons. The fourth-order valence-corrected chi connectivity index (χ4v) is 1.23. The van der Waals surface area contributed by atoms with Gasteiger partial charge in [0.15, 0.2) is 5.82 Å². The van der Waals surface area contributed by atoms with Crippen LogP contribution in [0.1, 0.15) is 16.3 Å². The first-order valence-corrected chi connectivity index (χ1v) is 4.73. The molecule has 2 rings (SSSR count). The van der Waals surface area contributed by atoms with Crippen LogP contribution in [-0.4, -0.2) is 27.6 Å². The molecule has 7 heteroatoms. The Morgan fingerprint density at radius 2 is 2.50 bits per heavy atom. The maximum Gasteiger partial charge on any atom is 0.267 e. The van der Waals surface area contributed by atoms with Crippen LogP contribution in [-0.2, 0) is 6.42 Å². The van der Waals surface area contributed by atoms with Crippen LogP contribution >= 0.6 is 0 Å². The van der Waals surface area contributed by atoms with E-state index in [9.17, 15) is 4.79 Å². The highest BCUT2D eigenvalue weighted by Crippen LogP contribution is 2.03. The molecule has 0 bridgehead atoms. The van der Waals surface area contributed by atoms with Crippen molar-refractivity contribution in [2.45, 2.75) is 6.42 Å². The van der Waals surface area contributed by atoms with Crippen molar-refractivity contribution >= 4 is 11.6 Å². The summed E-state index contributed by atoms with van der Waals surface area (Å²) in [5, 5.41) is 6.33. The second-order valence-electron chi connectivity index (χ2n) is 3.20. The van der Waals surface area contributed by atoms with E-state index in [1.807, 2.05) is 0 Å². The summed E-state index contributed by atoms with van der Waals surface area (Å²) >= 11 is 0. The van der Waals surface area contributed by atoms with Gasteiger partial charge in [0.2, 0.25) is 6.39 Å². The number of nitrogens with two attached hydrogens (primary N) is 1. The summed E-state index contributed by atoms with van der Waals surface area (Å²) in [4.78, 5) is 18.1. The summed E-state index contributed by atoms with van der Waals surface area (Å²) in [5.41, 5.74) is 6.45. The van der Waals surface area contributed by atoms with Gasteiger partial charge in [-0.2, -0.15) is 4.98 Å². The molecule has 4 N–H and O–H groups in total. The lowest BCUT2D eigenvalue weighted by atomic mass is 10.3. The summed E-state index contributed by atoms with van der Waals surface area (Å²) in [6, 6.07) is 1.57. The number of carbonyl (C=O) groups is 1. The number of carbonyl (C=O) groups excluding carboxylic acids is 1. The van der Waals surface area contributed by atoms with Crippen LogP contribution in [0.15, 0.2) is 23.2 Å². The van der Waals surface area contributed by atoms with Crippen molar-refractivity contribution in [3.05, 3.63) is 30.2 Å². The van der Waals surface area contributed by atoms with Gasteiger partial charge >= 0.3 is 0 Å². The van der Waals surface area contributed by atoms with Crippen LogP contribution in [0.5, 0.6) is 0 Å². The van der Waals surface area contributed by atoms with Crippen molar-refractivity contribution < 1.29 is 9.32 Å². The van der Waals surface area contributed by atoms with Gasteiger partial charge in [0.25, 0.3) is 5.91 Å². The summed E-state index contributed by atoms with van der Waals surface area (Å²) < 4.78 is 4.56. The van der Waals surface area contributed by atoms with Gasteiger partial charge in [-0.25, -0.2) is 0 Å². The Hall–Kier alpha value is -2.31. The number of hydrogen-bond donors (Lipinski definition) is 3. The second kappa shape index (κ2) is 4.47. The number of H-pyrrole nitrogens is 1. The number of rotatable bonds is 4. The molecule has 0 saturated carbocycles. The van der Waals surface area contributed by atoms with Gasteiger partial charge < -0.3 is 20.6 Å². The number of hydrogen-bond acceptors (Lipinski definition) is 5. The van der Waals surface area contributed by atoms with Crippen molar-refractivity contribution in [1.29, 1.82) is 0 Å². The molecule has 0 aromatic carbocycles. The Bertz CT molecular complexity index is 462. The van der Waals surface area contributed by atoms with E-state index in [4.69, 9.17) is 5.73 Å². The van der Waals surface area contributed by atoms with E-state index in [0.717, 1.165) is 0 Å². The zero-order valence-corrected chi connectivity index (χ0v) is 8.43. The number of amides is 1. The average molecular weight is 221 g/mol. The standard InChI is InChI=1S/C9H11N5O2/c10-6-3-7(12-4-6)9(15)11-2-1-8-13-5-16-14-8/h3-5,12H,1-2,10H2,(H,11,15). The zero-order valence-electron chi connectivity index (χ0n) is 8.43. The van der Waals surface area contributed by atoms with E-state index in [0.29, 0.717) is 30.2 Å². The summed E-state index contributed by atoms with van der Waals surface area (Å²) in [6.45, 7) is 0.442. The fraction of sp³-hybridized carbons (Fsp3) is 0.222. The number of aromatic nitrogens is 3. The van der Waals surface area contributed by atoms with Crippen molar-refractivity contribution in [2.75, 3.05) is 12.3 Å². The smallest absolute Gasteiger partial charge is 0.267 e.